The molecule has 0 unspecified atom stereocenters. The van der Waals surface area contributed by atoms with E-state index in [0.717, 1.165) is 40.8 Å². The SMILES string of the molecule is Cc1ccc([N+](=O)[O-])c(N2CCC(=Cc3cc4ccc(CO)cc4o3)CC2)n1. The van der Waals surface area contributed by atoms with Gasteiger partial charge < -0.3 is 14.4 Å². The van der Waals surface area contributed by atoms with Crippen LogP contribution in [0.2, 0.25) is 0 Å². The van der Waals surface area contributed by atoms with Gasteiger partial charge in [-0.2, -0.15) is 0 Å². The molecule has 1 aliphatic rings. The van der Waals surface area contributed by atoms with Crippen molar-refractivity contribution in [2.45, 2.75) is 26.4 Å². The van der Waals surface area contributed by atoms with Gasteiger partial charge in [0.1, 0.15) is 11.3 Å². The average molecular weight is 379 g/mol. The predicted molar refractivity (Wildman–Crippen MR) is 107 cm³/mol. The van der Waals surface area contributed by atoms with E-state index in [2.05, 4.69) is 4.98 Å². The van der Waals surface area contributed by atoms with Crippen LogP contribution in [-0.4, -0.2) is 28.1 Å². The summed E-state index contributed by atoms with van der Waals surface area (Å²) in [6.45, 7) is 3.18. The minimum Gasteiger partial charge on any atom is -0.457 e. The van der Waals surface area contributed by atoms with Crippen LogP contribution in [0.5, 0.6) is 0 Å². The van der Waals surface area contributed by atoms with Gasteiger partial charge in [0.15, 0.2) is 0 Å². The van der Waals surface area contributed by atoms with E-state index in [-0.39, 0.29) is 17.2 Å². The van der Waals surface area contributed by atoms with E-state index in [1.807, 2.05) is 42.2 Å². The molecule has 7 heteroatoms. The number of fused-ring (bicyclic) bond motifs is 1. The van der Waals surface area contributed by atoms with Crippen molar-refractivity contribution < 1.29 is 14.4 Å². The fourth-order valence-electron chi connectivity index (χ4n) is 3.53. The Hall–Kier alpha value is -3.19. The molecule has 1 saturated heterocycles. The van der Waals surface area contributed by atoms with Gasteiger partial charge in [-0.15, -0.1) is 0 Å². The molecule has 0 saturated carbocycles. The summed E-state index contributed by atoms with van der Waals surface area (Å²) in [5, 5.41) is 21.6. The number of hydrogen-bond acceptors (Lipinski definition) is 6. The molecular formula is C21H21N3O4. The number of aliphatic hydroxyl groups is 1. The summed E-state index contributed by atoms with van der Waals surface area (Å²) in [6, 6.07) is 10.9. The van der Waals surface area contributed by atoms with Gasteiger partial charge in [0.05, 0.1) is 11.5 Å². The van der Waals surface area contributed by atoms with E-state index in [1.54, 1.807) is 6.07 Å². The monoisotopic (exact) mass is 379 g/mol. The Morgan fingerprint density at radius 2 is 2.04 bits per heavy atom. The molecule has 1 N–H and O–H groups in total. The van der Waals surface area contributed by atoms with Crippen molar-refractivity contribution in [2.24, 2.45) is 0 Å². The number of piperidine rings is 1. The lowest BCUT2D eigenvalue weighted by molar-refractivity contribution is -0.384. The maximum Gasteiger partial charge on any atom is 0.311 e. The third-order valence-corrected chi connectivity index (χ3v) is 5.03. The number of anilines is 1. The van der Waals surface area contributed by atoms with Gasteiger partial charge in [0.2, 0.25) is 5.82 Å². The maximum atomic E-state index is 11.3. The lowest BCUT2D eigenvalue weighted by atomic mass is 10.0. The van der Waals surface area contributed by atoms with Crippen LogP contribution in [0, 0.1) is 17.0 Å². The highest BCUT2D eigenvalue weighted by atomic mass is 16.6. The molecule has 0 amide bonds. The molecule has 28 heavy (non-hydrogen) atoms. The largest absolute Gasteiger partial charge is 0.457 e. The molecule has 0 spiro atoms. The summed E-state index contributed by atoms with van der Waals surface area (Å²) >= 11 is 0. The van der Waals surface area contributed by atoms with E-state index in [9.17, 15) is 15.2 Å². The van der Waals surface area contributed by atoms with Crippen LogP contribution in [0.4, 0.5) is 11.5 Å². The lowest BCUT2D eigenvalue weighted by Gasteiger charge is -2.29. The summed E-state index contributed by atoms with van der Waals surface area (Å²) in [6.07, 6.45) is 3.64. The normalized spacial score (nSPS) is 14.5. The van der Waals surface area contributed by atoms with Crippen molar-refractivity contribution >= 4 is 28.6 Å². The quantitative estimate of drug-likeness (QED) is 0.539. The second-order valence-electron chi connectivity index (χ2n) is 7.02. The van der Waals surface area contributed by atoms with E-state index < -0.39 is 0 Å². The highest BCUT2D eigenvalue weighted by Crippen LogP contribution is 2.31. The molecular weight excluding hydrogens is 358 g/mol. The first kappa shape index (κ1) is 18.2. The number of rotatable bonds is 4. The lowest BCUT2D eigenvalue weighted by Crippen LogP contribution is -2.31. The van der Waals surface area contributed by atoms with Crippen molar-refractivity contribution in [1.82, 2.24) is 4.98 Å². The maximum absolute atomic E-state index is 11.3. The van der Waals surface area contributed by atoms with Crippen LogP contribution < -0.4 is 4.90 Å². The van der Waals surface area contributed by atoms with Gasteiger partial charge in [-0.05, 0) is 49.6 Å². The van der Waals surface area contributed by atoms with Crippen LogP contribution in [0.15, 0.2) is 46.4 Å². The number of furan rings is 1. The smallest absolute Gasteiger partial charge is 0.311 e. The Labute approximate surface area is 162 Å². The second-order valence-corrected chi connectivity index (χ2v) is 7.02. The molecule has 7 nitrogen and oxygen atoms in total. The van der Waals surface area contributed by atoms with Crippen molar-refractivity contribution in [2.75, 3.05) is 18.0 Å². The van der Waals surface area contributed by atoms with Crippen LogP contribution in [0.25, 0.3) is 17.0 Å². The third kappa shape index (κ3) is 3.61. The minimum absolute atomic E-state index is 0.0119. The molecule has 2 aromatic heterocycles. The summed E-state index contributed by atoms with van der Waals surface area (Å²) < 4.78 is 5.89. The number of hydrogen-bond donors (Lipinski definition) is 1. The number of aromatic nitrogens is 1. The fourth-order valence-corrected chi connectivity index (χ4v) is 3.53. The number of aliphatic hydroxyl groups excluding tert-OH is 1. The summed E-state index contributed by atoms with van der Waals surface area (Å²) in [7, 11) is 0. The van der Waals surface area contributed by atoms with Gasteiger partial charge in [-0.1, -0.05) is 17.7 Å². The first-order chi connectivity index (χ1) is 13.5. The molecule has 0 bridgehead atoms. The number of benzene rings is 1. The van der Waals surface area contributed by atoms with Gasteiger partial charge in [0, 0.05) is 30.2 Å². The molecule has 0 radical (unpaired) electrons. The zero-order chi connectivity index (χ0) is 19.7. The fraction of sp³-hybridized carbons (Fsp3) is 0.286. The van der Waals surface area contributed by atoms with Crippen LogP contribution in [-0.2, 0) is 6.61 Å². The van der Waals surface area contributed by atoms with Crippen LogP contribution in [0.1, 0.15) is 29.9 Å². The zero-order valence-electron chi connectivity index (χ0n) is 15.6. The molecule has 3 heterocycles. The van der Waals surface area contributed by atoms with Crippen molar-refractivity contribution in [1.29, 1.82) is 0 Å². The van der Waals surface area contributed by atoms with Crippen molar-refractivity contribution in [3.8, 4) is 0 Å². The van der Waals surface area contributed by atoms with E-state index in [4.69, 9.17) is 4.42 Å². The van der Waals surface area contributed by atoms with Crippen LogP contribution in [0.3, 0.4) is 0 Å². The zero-order valence-corrected chi connectivity index (χ0v) is 15.6. The molecule has 144 valence electrons. The van der Waals surface area contributed by atoms with Gasteiger partial charge in [0.25, 0.3) is 0 Å². The molecule has 1 aliphatic heterocycles. The topological polar surface area (TPSA) is 92.6 Å². The highest BCUT2D eigenvalue weighted by Gasteiger charge is 2.24. The van der Waals surface area contributed by atoms with E-state index >= 15 is 0 Å². The van der Waals surface area contributed by atoms with Gasteiger partial charge >= 0.3 is 5.69 Å². The summed E-state index contributed by atoms with van der Waals surface area (Å²) in [4.78, 5) is 17.3. The number of nitro groups is 1. The summed E-state index contributed by atoms with van der Waals surface area (Å²) in [5.74, 6) is 1.23. The highest BCUT2D eigenvalue weighted by molar-refractivity contribution is 5.80. The van der Waals surface area contributed by atoms with Crippen molar-refractivity contribution in [3.63, 3.8) is 0 Å². The number of pyridine rings is 1. The molecule has 1 aromatic carbocycles. The Morgan fingerprint density at radius 3 is 2.75 bits per heavy atom. The Morgan fingerprint density at radius 1 is 1.25 bits per heavy atom. The molecule has 0 aliphatic carbocycles. The standard InChI is InChI=1S/C21H21N3O4/c1-14-2-5-19(24(26)27)21(22-14)23-8-6-15(7-9-23)10-18-12-17-4-3-16(13-25)11-20(17)28-18/h2-5,10-12,25H,6-9,13H2,1H3. The predicted octanol–water partition coefficient (Wildman–Crippen LogP) is 4.22. The average Bonchev–Trinajstić information content (AvgIpc) is 3.09. The third-order valence-electron chi connectivity index (χ3n) is 5.03. The minimum atomic E-state index is -0.373. The number of nitrogens with zero attached hydrogens (tertiary/aromatic N) is 3. The first-order valence-electron chi connectivity index (χ1n) is 9.23. The Bertz CT molecular complexity index is 1060. The van der Waals surface area contributed by atoms with Crippen LogP contribution >= 0.6 is 0 Å². The van der Waals surface area contributed by atoms with E-state index in [0.29, 0.717) is 18.9 Å². The molecule has 1 fully saturated rings. The summed E-state index contributed by atoms with van der Waals surface area (Å²) in [5.41, 5.74) is 3.64. The van der Waals surface area contributed by atoms with E-state index in [1.165, 1.54) is 11.6 Å². The number of aryl methyl sites for hydroxylation is 1. The molecule has 0 atom stereocenters. The molecule has 3 aromatic rings. The van der Waals surface area contributed by atoms with Crippen molar-refractivity contribution in [3.05, 3.63) is 69.1 Å². The first-order valence-corrected chi connectivity index (χ1v) is 9.23. The van der Waals surface area contributed by atoms with Gasteiger partial charge in [-0.3, -0.25) is 10.1 Å². The Balaban J connectivity index is 1.51. The Kier molecular flexibility index (Phi) is 4.83. The molecule has 4 rings (SSSR count). The van der Waals surface area contributed by atoms with Gasteiger partial charge in [-0.25, -0.2) is 4.98 Å². The second kappa shape index (κ2) is 7.44.